The van der Waals surface area contributed by atoms with Gasteiger partial charge in [0.1, 0.15) is 5.82 Å². The molecule has 0 amide bonds. The van der Waals surface area contributed by atoms with E-state index in [1.165, 1.54) is 6.20 Å². The van der Waals surface area contributed by atoms with Gasteiger partial charge < -0.3 is 15.5 Å². The summed E-state index contributed by atoms with van der Waals surface area (Å²) in [5.41, 5.74) is -0.358. The molecule has 0 radical (unpaired) electrons. The van der Waals surface area contributed by atoms with Gasteiger partial charge >= 0.3 is 5.97 Å². The lowest BCUT2D eigenvalue weighted by atomic mass is 10.0. The largest absolute Gasteiger partial charge is 0.478 e. The van der Waals surface area contributed by atoms with Crippen LogP contribution in [0.25, 0.3) is 10.8 Å². The van der Waals surface area contributed by atoms with Gasteiger partial charge in [-0.05, 0) is 13.8 Å². The van der Waals surface area contributed by atoms with E-state index < -0.39 is 11.5 Å². The Kier molecular flexibility index (Phi) is 3.40. The number of nitrogens with zero attached hydrogens (tertiary/aromatic N) is 1. The molecular formula is C14H16N2O3. The fourth-order valence-corrected chi connectivity index (χ4v) is 1.82. The highest BCUT2D eigenvalue weighted by atomic mass is 16.4. The van der Waals surface area contributed by atoms with E-state index in [4.69, 9.17) is 5.11 Å². The molecule has 1 aromatic carbocycles. The van der Waals surface area contributed by atoms with Gasteiger partial charge in [0.15, 0.2) is 0 Å². The van der Waals surface area contributed by atoms with Crippen LogP contribution < -0.4 is 5.32 Å². The molecule has 2 aromatic rings. The van der Waals surface area contributed by atoms with Gasteiger partial charge in [0.05, 0.1) is 17.7 Å². The van der Waals surface area contributed by atoms with Crippen LogP contribution in [-0.4, -0.2) is 33.3 Å². The second-order valence-corrected chi connectivity index (χ2v) is 5.04. The molecule has 0 bridgehead atoms. The first kappa shape index (κ1) is 13.3. The van der Waals surface area contributed by atoms with Crippen molar-refractivity contribution in [3.8, 4) is 0 Å². The molecule has 0 fully saturated rings. The van der Waals surface area contributed by atoms with Crippen LogP contribution in [-0.2, 0) is 0 Å². The summed E-state index contributed by atoms with van der Waals surface area (Å²) in [6, 6.07) is 7.17. The van der Waals surface area contributed by atoms with Gasteiger partial charge in [-0.25, -0.2) is 9.78 Å². The number of aromatic nitrogens is 1. The monoisotopic (exact) mass is 260 g/mol. The predicted molar refractivity (Wildman–Crippen MR) is 73.5 cm³/mol. The highest BCUT2D eigenvalue weighted by Gasteiger charge is 2.19. The second-order valence-electron chi connectivity index (χ2n) is 5.04. The maximum atomic E-state index is 11.2. The molecule has 3 N–H and O–H groups in total. The molecule has 0 saturated heterocycles. The average molecular weight is 260 g/mol. The van der Waals surface area contributed by atoms with E-state index in [1.807, 2.05) is 26.0 Å². The van der Waals surface area contributed by atoms with E-state index in [1.54, 1.807) is 12.1 Å². The van der Waals surface area contributed by atoms with E-state index in [9.17, 15) is 9.90 Å². The zero-order valence-corrected chi connectivity index (χ0v) is 10.8. The molecule has 100 valence electrons. The van der Waals surface area contributed by atoms with Crippen molar-refractivity contribution in [2.45, 2.75) is 19.4 Å². The van der Waals surface area contributed by atoms with Gasteiger partial charge in [0.25, 0.3) is 0 Å². The Bertz CT molecular complexity index is 623. The Morgan fingerprint density at radius 2 is 1.95 bits per heavy atom. The summed E-state index contributed by atoms with van der Waals surface area (Å²) in [7, 11) is 0. The summed E-state index contributed by atoms with van der Waals surface area (Å²) < 4.78 is 0. The third kappa shape index (κ3) is 2.66. The Labute approximate surface area is 110 Å². The van der Waals surface area contributed by atoms with Crippen LogP contribution in [0.2, 0.25) is 0 Å². The number of hydrogen-bond acceptors (Lipinski definition) is 4. The Balaban J connectivity index is 2.59. The quantitative estimate of drug-likeness (QED) is 0.784. The minimum Gasteiger partial charge on any atom is -0.478 e. The van der Waals surface area contributed by atoms with Gasteiger partial charge in [-0.3, -0.25) is 0 Å². The number of pyridine rings is 1. The standard InChI is InChI=1S/C14H16N2O3/c1-14(2,8-17)16-12-10-6-4-3-5-9(10)11(7-15-12)13(18)19/h3-7,17H,8H2,1-2H3,(H,15,16)(H,18,19). The molecule has 19 heavy (non-hydrogen) atoms. The molecule has 5 heteroatoms. The van der Waals surface area contributed by atoms with Crippen molar-refractivity contribution in [3.63, 3.8) is 0 Å². The molecule has 1 aromatic heterocycles. The molecule has 0 aliphatic heterocycles. The number of carboxylic acids is 1. The molecular weight excluding hydrogens is 244 g/mol. The van der Waals surface area contributed by atoms with Crippen LogP contribution in [0.1, 0.15) is 24.2 Å². The first-order chi connectivity index (χ1) is 8.94. The molecule has 2 rings (SSSR count). The number of fused-ring (bicyclic) bond motifs is 1. The van der Waals surface area contributed by atoms with Gasteiger partial charge in [0, 0.05) is 17.0 Å². The van der Waals surface area contributed by atoms with E-state index in [-0.39, 0.29) is 12.2 Å². The van der Waals surface area contributed by atoms with Crippen molar-refractivity contribution < 1.29 is 15.0 Å². The number of carbonyl (C=O) groups is 1. The Hall–Kier alpha value is -2.14. The van der Waals surface area contributed by atoms with Crippen LogP contribution in [0.3, 0.4) is 0 Å². The number of aliphatic hydroxyl groups excluding tert-OH is 1. The summed E-state index contributed by atoms with van der Waals surface area (Å²) in [6.07, 6.45) is 1.33. The van der Waals surface area contributed by atoms with Crippen LogP contribution >= 0.6 is 0 Å². The van der Waals surface area contributed by atoms with E-state index in [0.29, 0.717) is 11.2 Å². The van der Waals surface area contributed by atoms with E-state index in [0.717, 1.165) is 5.39 Å². The number of aromatic carboxylic acids is 1. The number of nitrogens with one attached hydrogen (secondary N) is 1. The van der Waals surface area contributed by atoms with Crippen molar-refractivity contribution in [3.05, 3.63) is 36.0 Å². The van der Waals surface area contributed by atoms with Gasteiger partial charge in [-0.15, -0.1) is 0 Å². The summed E-state index contributed by atoms with van der Waals surface area (Å²) in [5.74, 6) is -0.434. The first-order valence-electron chi connectivity index (χ1n) is 5.95. The minimum absolute atomic E-state index is 0.0519. The molecule has 0 unspecified atom stereocenters. The maximum absolute atomic E-state index is 11.2. The number of hydrogen-bond donors (Lipinski definition) is 3. The molecule has 0 saturated carbocycles. The second kappa shape index (κ2) is 4.85. The SMILES string of the molecule is CC(C)(CO)Nc1ncc(C(=O)O)c2ccccc12. The number of rotatable bonds is 4. The van der Waals surface area contributed by atoms with Crippen molar-refractivity contribution in [1.29, 1.82) is 0 Å². The number of anilines is 1. The summed E-state index contributed by atoms with van der Waals surface area (Å²) in [5, 5.41) is 22.9. The smallest absolute Gasteiger partial charge is 0.337 e. The maximum Gasteiger partial charge on any atom is 0.337 e. The highest BCUT2D eigenvalue weighted by Crippen LogP contribution is 2.26. The van der Waals surface area contributed by atoms with Crippen molar-refractivity contribution in [2.75, 3.05) is 11.9 Å². The van der Waals surface area contributed by atoms with Crippen LogP contribution in [0.5, 0.6) is 0 Å². The van der Waals surface area contributed by atoms with Gasteiger partial charge in [0.2, 0.25) is 0 Å². The Morgan fingerprint density at radius 1 is 1.32 bits per heavy atom. The van der Waals surface area contributed by atoms with Crippen LogP contribution in [0.4, 0.5) is 5.82 Å². The van der Waals surface area contributed by atoms with Crippen LogP contribution in [0.15, 0.2) is 30.5 Å². The normalized spacial score (nSPS) is 11.5. The van der Waals surface area contributed by atoms with E-state index >= 15 is 0 Å². The van der Waals surface area contributed by atoms with Crippen molar-refractivity contribution in [1.82, 2.24) is 4.98 Å². The minimum atomic E-state index is -1.00. The topological polar surface area (TPSA) is 82.5 Å². The number of benzene rings is 1. The summed E-state index contributed by atoms with van der Waals surface area (Å²) in [4.78, 5) is 15.3. The number of carboxylic acid groups (broad SMARTS) is 1. The molecule has 0 aliphatic rings. The highest BCUT2D eigenvalue weighted by molar-refractivity contribution is 6.06. The summed E-state index contributed by atoms with van der Waals surface area (Å²) in [6.45, 7) is 3.63. The molecule has 0 spiro atoms. The van der Waals surface area contributed by atoms with Crippen molar-refractivity contribution >= 4 is 22.6 Å². The van der Waals surface area contributed by atoms with Crippen LogP contribution in [0, 0.1) is 0 Å². The predicted octanol–water partition coefficient (Wildman–Crippen LogP) is 2.12. The average Bonchev–Trinajstić information content (AvgIpc) is 2.38. The van der Waals surface area contributed by atoms with Gasteiger partial charge in [-0.2, -0.15) is 0 Å². The lowest BCUT2D eigenvalue weighted by Crippen LogP contribution is -2.35. The Morgan fingerprint density at radius 3 is 2.53 bits per heavy atom. The van der Waals surface area contributed by atoms with Crippen molar-refractivity contribution in [2.24, 2.45) is 0 Å². The molecule has 0 atom stereocenters. The fraction of sp³-hybridized carbons (Fsp3) is 0.286. The van der Waals surface area contributed by atoms with E-state index in [2.05, 4.69) is 10.3 Å². The first-order valence-corrected chi connectivity index (χ1v) is 5.95. The van der Waals surface area contributed by atoms with Gasteiger partial charge in [-0.1, -0.05) is 24.3 Å². The zero-order valence-electron chi connectivity index (χ0n) is 10.8. The zero-order chi connectivity index (χ0) is 14.0. The third-order valence-corrected chi connectivity index (χ3v) is 2.88. The lowest BCUT2D eigenvalue weighted by Gasteiger charge is -2.25. The molecule has 5 nitrogen and oxygen atoms in total. The lowest BCUT2D eigenvalue weighted by molar-refractivity contribution is 0.0698. The number of aliphatic hydroxyl groups is 1. The molecule has 0 aliphatic carbocycles. The summed E-state index contributed by atoms with van der Waals surface area (Å²) >= 11 is 0. The fourth-order valence-electron chi connectivity index (χ4n) is 1.82. The molecule has 1 heterocycles. The third-order valence-electron chi connectivity index (χ3n) is 2.88.